The average molecular weight is 450 g/mol. The minimum absolute atomic E-state index is 0.0483. The molecule has 0 saturated carbocycles. The standard InChI is InChI=1S/C23H23FN6O3/c24-16-4-2-1-3-14(16)17-6-8-19-29(17)22(32)23(33-19)9-11-28(12-10-23)18-7-5-15(20(25)31)21-26-13-27-30(18)21/h1-5,7,13,17,19H,6,8-12H2,(H2,25,31). The molecule has 3 fully saturated rings. The molecule has 0 radical (unpaired) electrons. The van der Waals surface area contributed by atoms with Crippen molar-refractivity contribution in [3.8, 4) is 0 Å². The molecule has 9 nitrogen and oxygen atoms in total. The summed E-state index contributed by atoms with van der Waals surface area (Å²) >= 11 is 0. The van der Waals surface area contributed by atoms with E-state index in [-0.39, 0.29) is 24.0 Å². The van der Waals surface area contributed by atoms with Gasteiger partial charge in [-0.1, -0.05) is 18.2 Å². The first-order chi connectivity index (χ1) is 16.0. The number of carbonyl (C=O) groups is 2. The van der Waals surface area contributed by atoms with Crippen LogP contribution in [0.25, 0.3) is 5.65 Å². The van der Waals surface area contributed by atoms with Crippen LogP contribution in [-0.4, -0.2) is 56.2 Å². The number of anilines is 1. The van der Waals surface area contributed by atoms with Gasteiger partial charge in [-0.2, -0.15) is 9.61 Å². The largest absolute Gasteiger partial charge is 0.365 e. The molecular weight excluding hydrogens is 427 g/mol. The molecule has 0 bridgehead atoms. The van der Waals surface area contributed by atoms with E-state index in [1.165, 1.54) is 12.4 Å². The number of ether oxygens (including phenoxy) is 1. The highest BCUT2D eigenvalue weighted by atomic mass is 19.1. The average Bonchev–Trinajstić information content (AvgIpc) is 3.51. The van der Waals surface area contributed by atoms with Crippen molar-refractivity contribution in [2.45, 2.75) is 43.6 Å². The van der Waals surface area contributed by atoms with Gasteiger partial charge in [0.1, 0.15) is 24.2 Å². The van der Waals surface area contributed by atoms with Crippen molar-refractivity contribution in [2.24, 2.45) is 5.73 Å². The topological polar surface area (TPSA) is 106 Å². The Morgan fingerprint density at radius 1 is 1.15 bits per heavy atom. The van der Waals surface area contributed by atoms with Crippen LogP contribution in [0, 0.1) is 5.82 Å². The van der Waals surface area contributed by atoms with E-state index in [1.807, 2.05) is 0 Å². The number of primary amides is 1. The van der Waals surface area contributed by atoms with Gasteiger partial charge < -0.3 is 20.3 Å². The number of benzene rings is 1. The van der Waals surface area contributed by atoms with Crippen LogP contribution >= 0.6 is 0 Å². The zero-order chi connectivity index (χ0) is 22.7. The maximum Gasteiger partial charge on any atom is 0.257 e. The van der Waals surface area contributed by atoms with Gasteiger partial charge in [0, 0.05) is 31.5 Å². The zero-order valence-electron chi connectivity index (χ0n) is 17.9. The maximum atomic E-state index is 14.5. The molecule has 170 valence electrons. The summed E-state index contributed by atoms with van der Waals surface area (Å²) in [5, 5.41) is 4.25. The van der Waals surface area contributed by atoms with Crippen LogP contribution in [0.3, 0.4) is 0 Å². The van der Waals surface area contributed by atoms with Crippen molar-refractivity contribution in [3.05, 3.63) is 59.7 Å². The zero-order valence-corrected chi connectivity index (χ0v) is 17.9. The second-order valence-corrected chi connectivity index (χ2v) is 8.85. The summed E-state index contributed by atoms with van der Waals surface area (Å²) in [6.45, 7) is 1.14. The van der Waals surface area contributed by atoms with Crippen molar-refractivity contribution < 1.29 is 18.7 Å². The molecule has 2 aromatic heterocycles. The molecule has 2 amide bonds. The molecule has 1 spiro atoms. The molecule has 3 aliphatic rings. The smallest absolute Gasteiger partial charge is 0.257 e. The second kappa shape index (κ2) is 7.24. The number of rotatable bonds is 3. The summed E-state index contributed by atoms with van der Waals surface area (Å²) < 4.78 is 22.4. The molecule has 0 aliphatic carbocycles. The van der Waals surface area contributed by atoms with E-state index in [2.05, 4.69) is 15.0 Å². The van der Waals surface area contributed by atoms with Crippen molar-refractivity contribution >= 4 is 23.3 Å². The third kappa shape index (κ3) is 2.93. The first kappa shape index (κ1) is 20.1. The summed E-state index contributed by atoms with van der Waals surface area (Å²) in [6.07, 6.45) is 3.48. The maximum absolute atomic E-state index is 14.5. The fourth-order valence-electron chi connectivity index (χ4n) is 5.52. The molecule has 3 aromatic rings. The number of pyridine rings is 1. The third-order valence-corrected chi connectivity index (χ3v) is 7.15. The first-order valence-electron chi connectivity index (χ1n) is 11.1. The number of nitrogens with two attached hydrogens (primary N) is 1. The minimum atomic E-state index is -0.889. The van der Waals surface area contributed by atoms with Crippen LogP contribution in [0.4, 0.5) is 10.2 Å². The monoisotopic (exact) mass is 450 g/mol. The van der Waals surface area contributed by atoms with Crippen LogP contribution < -0.4 is 10.6 Å². The Bertz CT molecular complexity index is 1270. The van der Waals surface area contributed by atoms with Gasteiger partial charge >= 0.3 is 0 Å². The van der Waals surface area contributed by atoms with Crippen LogP contribution in [0.2, 0.25) is 0 Å². The Kier molecular flexibility index (Phi) is 4.41. The molecule has 2 atom stereocenters. The van der Waals surface area contributed by atoms with E-state index in [0.29, 0.717) is 55.5 Å². The van der Waals surface area contributed by atoms with Crippen molar-refractivity contribution in [2.75, 3.05) is 18.0 Å². The number of nitrogens with zero attached hydrogens (tertiary/aromatic N) is 5. The number of halogens is 1. The SMILES string of the molecule is NC(=O)c1ccc(N2CCC3(CC2)OC2CCC(c4ccccc4F)N2C3=O)n2ncnc12. The van der Waals surface area contributed by atoms with Gasteiger partial charge in [0.15, 0.2) is 11.2 Å². The minimum Gasteiger partial charge on any atom is -0.365 e. The Morgan fingerprint density at radius 2 is 1.94 bits per heavy atom. The van der Waals surface area contributed by atoms with Crippen molar-refractivity contribution in [3.63, 3.8) is 0 Å². The molecule has 5 heterocycles. The van der Waals surface area contributed by atoms with Crippen molar-refractivity contribution in [1.82, 2.24) is 19.5 Å². The van der Waals surface area contributed by atoms with E-state index in [4.69, 9.17) is 10.5 Å². The lowest BCUT2D eigenvalue weighted by Gasteiger charge is -2.38. The Labute approximate surface area is 188 Å². The molecule has 33 heavy (non-hydrogen) atoms. The summed E-state index contributed by atoms with van der Waals surface area (Å²) in [6, 6.07) is 9.80. The van der Waals surface area contributed by atoms with Crippen LogP contribution in [0.1, 0.15) is 47.6 Å². The quantitative estimate of drug-likeness (QED) is 0.655. The van der Waals surface area contributed by atoms with Gasteiger partial charge in [-0.05, 0) is 31.0 Å². The predicted molar refractivity (Wildman–Crippen MR) is 116 cm³/mol. The van der Waals surface area contributed by atoms with Crippen LogP contribution in [-0.2, 0) is 9.53 Å². The number of hydrogen-bond donors (Lipinski definition) is 1. The summed E-state index contributed by atoms with van der Waals surface area (Å²) in [5.74, 6) is -0.125. The number of carbonyl (C=O) groups excluding carboxylic acids is 2. The molecule has 3 saturated heterocycles. The Balaban J connectivity index is 1.24. The first-order valence-corrected chi connectivity index (χ1v) is 11.1. The lowest BCUT2D eigenvalue weighted by atomic mass is 9.89. The lowest BCUT2D eigenvalue weighted by molar-refractivity contribution is -0.140. The van der Waals surface area contributed by atoms with E-state index >= 15 is 0 Å². The van der Waals surface area contributed by atoms with Gasteiger partial charge in [0.25, 0.3) is 11.8 Å². The highest BCUT2D eigenvalue weighted by Crippen LogP contribution is 2.48. The highest BCUT2D eigenvalue weighted by Gasteiger charge is 2.58. The van der Waals surface area contributed by atoms with Gasteiger partial charge in [0.2, 0.25) is 0 Å². The lowest BCUT2D eigenvalue weighted by Crippen LogP contribution is -2.50. The highest BCUT2D eigenvalue weighted by molar-refractivity contribution is 5.99. The van der Waals surface area contributed by atoms with Crippen molar-refractivity contribution in [1.29, 1.82) is 0 Å². The van der Waals surface area contributed by atoms with E-state index in [0.717, 1.165) is 5.82 Å². The van der Waals surface area contributed by atoms with Gasteiger partial charge in [0.05, 0.1) is 11.6 Å². The molecular formula is C23H23FN6O3. The molecule has 6 rings (SSSR count). The Hall–Kier alpha value is -3.53. The number of piperidine rings is 1. The molecule has 2 N–H and O–H groups in total. The number of fused-ring (bicyclic) bond motifs is 2. The Morgan fingerprint density at radius 3 is 2.70 bits per heavy atom. The normalized spacial score (nSPS) is 24.1. The van der Waals surface area contributed by atoms with E-state index in [1.54, 1.807) is 39.7 Å². The van der Waals surface area contributed by atoms with Gasteiger partial charge in [-0.3, -0.25) is 9.59 Å². The summed E-state index contributed by atoms with van der Waals surface area (Å²) in [7, 11) is 0. The third-order valence-electron chi connectivity index (χ3n) is 7.15. The van der Waals surface area contributed by atoms with E-state index < -0.39 is 11.5 Å². The molecule has 1 aromatic carbocycles. The summed E-state index contributed by atoms with van der Waals surface area (Å²) in [5.41, 5.74) is 5.82. The van der Waals surface area contributed by atoms with Gasteiger partial charge in [-0.25, -0.2) is 9.37 Å². The van der Waals surface area contributed by atoms with E-state index in [9.17, 15) is 14.0 Å². The summed E-state index contributed by atoms with van der Waals surface area (Å²) in [4.78, 5) is 33.3. The molecule has 10 heteroatoms. The number of hydrogen-bond acceptors (Lipinski definition) is 6. The van der Waals surface area contributed by atoms with Crippen LogP contribution in [0.15, 0.2) is 42.7 Å². The van der Waals surface area contributed by atoms with Crippen LogP contribution in [0.5, 0.6) is 0 Å². The number of aromatic nitrogens is 3. The molecule has 3 aliphatic heterocycles. The number of amides is 2. The second-order valence-electron chi connectivity index (χ2n) is 8.85. The fraction of sp³-hybridized carbons (Fsp3) is 0.391. The van der Waals surface area contributed by atoms with Gasteiger partial charge in [-0.15, -0.1) is 0 Å². The predicted octanol–water partition coefficient (Wildman–Crippen LogP) is 2.03. The molecule has 2 unspecified atom stereocenters. The fourth-order valence-corrected chi connectivity index (χ4v) is 5.52.